The van der Waals surface area contributed by atoms with Gasteiger partial charge in [-0.25, -0.2) is 0 Å². The molecule has 0 radical (unpaired) electrons. The summed E-state index contributed by atoms with van der Waals surface area (Å²) in [6.07, 6.45) is 0.989. The van der Waals surface area contributed by atoms with E-state index in [2.05, 4.69) is 19.9 Å². The molecule has 0 aliphatic carbocycles. The van der Waals surface area contributed by atoms with Crippen LogP contribution < -0.4 is 5.73 Å². The first-order valence-electron chi connectivity index (χ1n) is 4.61. The lowest BCUT2D eigenvalue weighted by atomic mass is 9.96. The smallest absolute Gasteiger partial charge is 0.0440 e. The monoisotopic (exact) mass is 197 g/mol. The summed E-state index contributed by atoms with van der Waals surface area (Å²) in [5, 5.41) is 0.853. The van der Waals surface area contributed by atoms with Crippen molar-refractivity contribution in [2.24, 2.45) is 5.73 Å². The fourth-order valence-corrected chi connectivity index (χ4v) is 1.75. The van der Waals surface area contributed by atoms with E-state index in [4.69, 9.17) is 17.3 Å². The minimum atomic E-state index is 0.456. The highest BCUT2D eigenvalue weighted by Crippen LogP contribution is 2.27. The summed E-state index contributed by atoms with van der Waals surface area (Å²) in [6.45, 7) is 4.95. The van der Waals surface area contributed by atoms with Crippen molar-refractivity contribution < 1.29 is 0 Å². The second-order valence-electron chi connectivity index (χ2n) is 3.50. The van der Waals surface area contributed by atoms with E-state index in [9.17, 15) is 0 Å². The van der Waals surface area contributed by atoms with Crippen LogP contribution in [0, 0.1) is 6.92 Å². The molecule has 1 atom stereocenters. The van der Waals surface area contributed by atoms with Crippen LogP contribution in [0.15, 0.2) is 18.2 Å². The van der Waals surface area contributed by atoms with E-state index in [1.165, 1.54) is 11.1 Å². The van der Waals surface area contributed by atoms with E-state index in [1.807, 2.05) is 12.1 Å². The standard InChI is InChI=1S/C11H16ClN/c1-8-3-4-11(12)10(7-8)9(2)5-6-13/h3-4,7,9H,5-6,13H2,1-2H3. The third-order valence-corrected chi connectivity index (χ3v) is 2.63. The fraction of sp³-hybridized carbons (Fsp3) is 0.455. The maximum atomic E-state index is 6.09. The highest BCUT2D eigenvalue weighted by molar-refractivity contribution is 6.31. The van der Waals surface area contributed by atoms with Gasteiger partial charge in [-0.1, -0.05) is 36.2 Å². The number of aryl methyl sites for hydroxylation is 1. The summed E-state index contributed by atoms with van der Waals surface area (Å²) >= 11 is 6.09. The van der Waals surface area contributed by atoms with Gasteiger partial charge in [0.05, 0.1) is 0 Å². The van der Waals surface area contributed by atoms with Crippen molar-refractivity contribution in [2.75, 3.05) is 6.54 Å². The molecule has 72 valence electrons. The number of hydrogen-bond acceptors (Lipinski definition) is 1. The molecule has 0 bridgehead atoms. The summed E-state index contributed by atoms with van der Waals surface area (Å²) in [4.78, 5) is 0. The maximum Gasteiger partial charge on any atom is 0.0440 e. The molecule has 0 saturated carbocycles. The molecule has 0 aromatic heterocycles. The van der Waals surface area contributed by atoms with Crippen molar-refractivity contribution in [3.63, 3.8) is 0 Å². The third kappa shape index (κ3) is 2.71. The third-order valence-electron chi connectivity index (χ3n) is 2.28. The average molecular weight is 198 g/mol. The molecule has 0 spiro atoms. The van der Waals surface area contributed by atoms with Crippen molar-refractivity contribution in [1.29, 1.82) is 0 Å². The van der Waals surface area contributed by atoms with Crippen LogP contribution in [0.2, 0.25) is 5.02 Å². The number of nitrogens with two attached hydrogens (primary N) is 1. The molecular formula is C11H16ClN. The quantitative estimate of drug-likeness (QED) is 0.792. The van der Waals surface area contributed by atoms with Gasteiger partial charge in [-0.15, -0.1) is 0 Å². The fourth-order valence-electron chi connectivity index (χ4n) is 1.45. The first-order chi connectivity index (χ1) is 6.15. The normalized spacial score (nSPS) is 12.9. The molecule has 0 saturated heterocycles. The lowest BCUT2D eigenvalue weighted by molar-refractivity contribution is 0.690. The largest absolute Gasteiger partial charge is 0.330 e. The Hall–Kier alpha value is -0.530. The van der Waals surface area contributed by atoms with Crippen LogP contribution in [-0.2, 0) is 0 Å². The topological polar surface area (TPSA) is 26.0 Å². The van der Waals surface area contributed by atoms with Crippen LogP contribution in [0.3, 0.4) is 0 Å². The predicted octanol–water partition coefficient (Wildman–Crippen LogP) is 3.10. The zero-order valence-corrected chi connectivity index (χ0v) is 8.93. The molecule has 0 fully saturated rings. The van der Waals surface area contributed by atoms with Gasteiger partial charge in [0.1, 0.15) is 0 Å². The molecular weight excluding hydrogens is 182 g/mol. The summed E-state index contributed by atoms with van der Waals surface area (Å²) in [6, 6.07) is 6.13. The first-order valence-corrected chi connectivity index (χ1v) is 4.99. The number of hydrogen-bond donors (Lipinski definition) is 1. The minimum absolute atomic E-state index is 0.456. The molecule has 1 rings (SSSR count). The Kier molecular flexibility index (Phi) is 3.76. The predicted molar refractivity (Wildman–Crippen MR) is 58.3 cm³/mol. The molecule has 1 aromatic rings. The Morgan fingerprint density at radius 2 is 2.15 bits per heavy atom. The van der Waals surface area contributed by atoms with Crippen molar-refractivity contribution in [2.45, 2.75) is 26.2 Å². The first kappa shape index (κ1) is 10.6. The van der Waals surface area contributed by atoms with E-state index in [0.29, 0.717) is 12.5 Å². The second kappa shape index (κ2) is 4.64. The molecule has 0 aliphatic heterocycles. The summed E-state index contributed by atoms with van der Waals surface area (Å²) < 4.78 is 0. The van der Waals surface area contributed by atoms with Crippen LogP contribution in [0.4, 0.5) is 0 Å². The van der Waals surface area contributed by atoms with Crippen LogP contribution in [0.5, 0.6) is 0 Å². The average Bonchev–Trinajstić information content (AvgIpc) is 2.09. The number of benzene rings is 1. The zero-order chi connectivity index (χ0) is 9.84. The van der Waals surface area contributed by atoms with Crippen LogP contribution in [-0.4, -0.2) is 6.54 Å². The highest BCUT2D eigenvalue weighted by atomic mass is 35.5. The van der Waals surface area contributed by atoms with Crippen molar-refractivity contribution >= 4 is 11.6 Å². The molecule has 1 aromatic carbocycles. The van der Waals surface area contributed by atoms with Crippen LogP contribution >= 0.6 is 11.6 Å². The van der Waals surface area contributed by atoms with Gasteiger partial charge in [-0.2, -0.15) is 0 Å². The Balaban J connectivity index is 2.91. The van der Waals surface area contributed by atoms with E-state index in [-0.39, 0.29) is 0 Å². The molecule has 2 heteroatoms. The van der Waals surface area contributed by atoms with Gasteiger partial charge in [0.15, 0.2) is 0 Å². The zero-order valence-electron chi connectivity index (χ0n) is 8.18. The Labute approximate surface area is 84.9 Å². The molecule has 13 heavy (non-hydrogen) atoms. The molecule has 0 amide bonds. The summed E-state index contributed by atoms with van der Waals surface area (Å²) in [7, 11) is 0. The molecule has 1 nitrogen and oxygen atoms in total. The van der Waals surface area contributed by atoms with Crippen molar-refractivity contribution in [3.8, 4) is 0 Å². The lowest BCUT2D eigenvalue weighted by Crippen LogP contribution is -2.05. The van der Waals surface area contributed by atoms with Crippen LogP contribution in [0.1, 0.15) is 30.4 Å². The summed E-state index contributed by atoms with van der Waals surface area (Å²) in [5.41, 5.74) is 7.98. The Bertz CT molecular complexity index is 283. The van der Waals surface area contributed by atoms with Gasteiger partial charge in [0.25, 0.3) is 0 Å². The SMILES string of the molecule is Cc1ccc(Cl)c(C(C)CCN)c1. The molecule has 2 N–H and O–H groups in total. The molecule has 0 heterocycles. The number of rotatable bonds is 3. The van der Waals surface area contributed by atoms with Gasteiger partial charge in [-0.05, 0) is 37.4 Å². The van der Waals surface area contributed by atoms with E-state index < -0.39 is 0 Å². The molecule has 0 aliphatic rings. The molecule has 1 unspecified atom stereocenters. The lowest BCUT2D eigenvalue weighted by Gasteiger charge is -2.12. The number of halogens is 1. The maximum absolute atomic E-state index is 6.09. The van der Waals surface area contributed by atoms with Gasteiger partial charge < -0.3 is 5.73 Å². The van der Waals surface area contributed by atoms with Gasteiger partial charge >= 0.3 is 0 Å². The van der Waals surface area contributed by atoms with Gasteiger partial charge in [0.2, 0.25) is 0 Å². The van der Waals surface area contributed by atoms with Gasteiger partial charge in [-0.3, -0.25) is 0 Å². The van der Waals surface area contributed by atoms with Gasteiger partial charge in [0, 0.05) is 5.02 Å². The van der Waals surface area contributed by atoms with E-state index in [1.54, 1.807) is 0 Å². The second-order valence-corrected chi connectivity index (χ2v) is 3.91. The van der Waals surface area contributed by atoms with Crippen LogP contribution in [0.25, 0.3) is 0 Å². The van der Waals surface area contributed by atoms with E-state index in [0.717, 1.165) is 11.4 Å². The van der Waals surface area contributed by atoms with E-state index >= 15 is 0 Å². The Morgan fingerprint density at radius 3 is 2.77 bits per heavy atom. The Morgan fingerprint density at radius 1 is 1.46 bits per heavy atom. The summed E-state index contributed by atoms with van der Waals surface area (Å²) in [5.74, 6) is 0.456. The van der Waals surface area contributed by atoms with Crippen molar-refractivity contribution in [1.82, 2.24) is 0 Å². The van der Waals surface area contributed by atoms with Crippen molar-refractivity contribution in [3.05, 3.63) is 34.3 Å². The minimum Gasteiger partial charge on any atom is -0.330 e. The highest BCUT2D eigenvalue weighted by Gasteiger charge is 2.08.